The van der Waals surface area contributed by atoms with Crippen LogP contribution in [0, 0.1) is 6.92 Å². The number of carbonyl (C=O) groups is 2. The molecule has 0 radical (unpaired) electrons. The molecule has 0 aliphatic rings. The number of aryl methyl sites for hydroxylation is 2. The van der Waals surface area contributed by atoms with Crippen LogP contribution in [0.15, 0.2) is 57.7 Å². The number of nitrogens with one attached hydrogen (secondary N) is 1. The van der Waals surface area contributed by atoms with Crippen LogP contribution in [0.2, 0.25) is 0 Å². The lowest BCUT2D eigenvalue weighted by atomic mass is 10.0. The summed E-state index contributed by atoms with van der Waals surface area (Å²) in [7, 11) is 0. The Bertz CT molecular complexity index is 1170. The summed E-state index contributed by atoms with van der Waals surface area (Å²) in [6.45, 7) is 5.75. The summed E-state index contributed by atoms with van der Waals surface area (Å²) >= 11 is 0. The number of benzene rings is 2. The Morgan fingerprint density at radius 2 is 1.85 bits per heavy atom. The van der Waals surface area contributed by atoms with E-state index >= 15 is 0 Å². The largest absolute Gasteiger partial charge is 0.445 e. The molecular weight excluding hydrogens is 422 g/mol. The van der Waals surface area contributed by atoms with Crippen molar-refractivity contribution in [3.05, 3.63) is 75.6 Å². The van der Waals surface area contributed by atoms with Crippen molar-refractivity contribution in [2.75, 3.05) is 0 Å². The van der Waals surface area contributed by atoms with Crippen molar-refractivity contribution in [2.45, 2.75) is 59.1 Å². The summed E-state index contributed by atoms with van der Waals surface area (Å²) in [6.07, 6.45) is 2.11. The van der Waals surface area contributed by atoms with Crippen LogP contribution < -0.4 is 15.7 Å². The van der Waals surface area contributed by atoms with Crippen LogP contribution in [0.5, 0.6) is 5.75 Å². The Labute approximate surface area is 192 Å². The van der Waals surface area contributed by atoms with Gasteiger partial charge in [-0.2, -0.15) is 0 Å². The molecule has 0 saturated heterocycles. The minimum absolute atomic E-state index is 0.0977. The highest BCUT2D eigenvalue weighted by molar-refractivity contribution is 5.91. The standard InChI is InChI=1S/C26H29NO6/c1-4-6-12-19-15-23(28)32-21-13-17(3)14-22(24(19)21)33-25(29)20(5-2)27-26(30)31-16-18-10-8-7-9-11-18/h7-11,13-15,20H,4-6,12,16H2,1-3H3,(H,27,30)/t20-/m1/s1. The van der Waals surface area contributed by atoms with E-state index in [0.29, 0.717) is 29.6 Å². The van der Waals surface area contributed by atoms with E-state index in [9.17, 15) is 14.4 Å². The zero-order valence-corrected chi connectivity index (χ0v) is 19.2. The summed E-state index contributed by atoms with van der Waals surface area (Å²) in [5.41, 5.74) is 2.33. The topological polar surface area (TPSA) is 94.8 Å². The molecule has 0 aliphatic carbocycles. The van der Waals surface area contributed by atoms with Gasteiger partial charge in [0, 0.05) is 6.07 Å². The first-order chi connectivity index (χ1) is 15.9. The molecule has 1 atom stereocenters. The Morgan fingerprint density at radius 3 is 2.55 bits per heavy atom. The maximum absolute atomic E-state index is 12.9. The highest BCUT2D eigenvalue weighted by Gasteiger charge is 2.24. The maximum Gasteiger partial charge on any atom is 0.408 e. The van der Waals surface area contributed by atoms with Gasteiger partial charge in [-0.1, -0.05) is 50.6 Å². The van der Waals surface area contributed by atoms with Crippen molar-refractivity contribution >= 4 is 23.0 Å². The molecule has 7 nitrogen and oxygen atoms in total. The van der Waals surface area contributed by atoms with Crippen LogP contribution in [0.4, 0.5) is 4.79 Å². The lowest BCUT2D eigenvalue weighted by Crippen LogP contribution is -2.42. The molecule has 1 heterocycles. The number of rotatable bonds is 9. The lowest BCUT2D eigenvalue weighted by Gasteiger charge is -2.17. The van der Waals surface area contributed by atoms with Crippen molar-refractivity contribution in [1.82, 2.24) is 5.32 Å². The second-order valence-electron chi connectivity index (χ2n) is 7.92. The highest BCUT2D eigenvalue weighted by Crippen LogP contribution is 2.31. The summed E-state index contributed by atoms with van der Waals surface area (Å²) in [5, 5.41) is 3.17. The van der Waals surface area contributed by atoms with Crippen LogP contribution in [0.3, 0.4) is 0 Å². The Kier molecular flexibility index (Phi) is 8.24. The van der Waals surface area contributed by atoms with E-state index in [1.54, 1.807) is 19.1 Å². The minimum Gasteiger partial charge on any atom is -0.445 e. The fourth-order valence-electron chi connectivity index (χ4n) is 3.53. The smallest absolute Gasteiger partial charge is 0.408 e. The maximum atomic E-state index is 12.9. The fraction of sp³-hybridized carbons (Fsp3) is 0.346. The number of hydrogen-bond acceptors (Lipinski definition) is 6. The molecule has 0 aliphatic heterocycles. The van der Waals surface area contributed by atoms with Crippen LogP contribution >= 0.6 is 0 Å². The third-order valence-electron chi connectivity index (χ3n) is 5.24. The zero-order chi connectivity index (χ0) is 23.8. The van der Waals surface area contributed by atoms with E-state index in [4.69, 9.17) is 13.9 Å². The molecule has 1 N–H and O–H groups in total. The number of fused-ring (bicyclic) bond motifs is 1. The summed E-state index contributed by atoms with van der Waals surface area (Å²) in [4.78, 5) is 37.2. The zero-order valence-electron chi connectivity index (χ0n) is 19.2. The minimum atomic E-state index is -0.890. The Balaban J connectivity index is 1.77. The number of hydrogen-bond donors (Lipinski definition) is 1. The van der Waals surface area contributed by atoms with Gasteiger partial charge in [0.1, 0.15) is 24.0 Å². The highest BCUT2D eigenvalue weighted by atomic mass is 16.6. The average molecular weight is 452 g/mol. The second-order valence-corrected chi connectivity index (χ2v) is 7.92. The predicted molar refractivity (Wildman–Crippen MR) is 125 cm³/mol. The van der Waals surface area contributed by atoms with Crippen LogP contribution in [0.25, 0.3) is 11.0 Å². The third-order valence-corrected chi connectivity index (χ3v) is 5.24. The number of esters is 1. The van der Waals surface area contributed by atoms with Gasteiger partial charge < -0.3 is 19.2 Å². The predicted octanol–water partition coefficient (Wildman–Crippen LogP) is 5.05. The molecule has 0 unspecified atom stereocenters. The van der Waals surface area contributed by atoms with Crippen molar-refractivity contribution in [3.8, 4) is 5.75 Å². The van der Waals surface area contributed by atoms with Gasteiger partial charge in [0.2, 0.25) is 0 Å². The van der Waals surface area contributed by atoms with Gasteiger partial charge in [-0.3, -0.25) is 0 Å². The third kappa shape index (κ3) is 6.44. The van der Waals surface area contributed by atoms with Crippen molar-refractivity contribution in [1.29, 1.82) is 0 Å². The molecule has 0 spiro atoms. The summed E-state index contributed by atoms with van der Waals surface area (Å²) in [5.74, 6) is -0.309. The van der Waals surface area contributed by atoms with E-state index in [-0.39, 0.29) is 6.61 Å². The number of alkyl carbamates (subject to hydrolysis) is 1. The van der Waals surface area contributed by atoms with Gasteiger partial charge in [-0.25, -0.2) is 14.4 Å². The molecule has 1 amide bonds. The van der Waals surface area contributed by atoms with Gasteiger partial charge in [0.05, 0.1) is 5.39 Å². The van der Waals surface area contributed by atoms with Crippen molar-refractivity contribution < 1.29 is 23.5 Å². The first-order valence-corrected chi connectivity index (χ1v) is 11.2. The molecule has 0 fully saturated rings. The molecule has 3 rings (SSSR count). The monoisotopic (exact) mass is 451 g/mol. The van der Waals surface area contributed by atoms with Gasteiger partial charge in [-0.15, -0.1) is 0 Å². The van der Waals surface area contributed by atoms with E-state index in [2.05, 4.69) is 12.2 Å². The number of unbranched alkanes of at least 4 members (excludes halogenated alkanes) is 1. The summed E-state index contributed by atoms with van der Waals surface area (Å²) in [6, 6.07) is 13.3. The lowest BCUT2D eigenvalue weighted by molar-refractivity contribution is -0.136. The molecule has 1 aromatic heterocycles. The Morgan fingerprint density at radius 1 is 1.09 bits per heavy atom. The van der Waals surface area contributed by atoms with Gasteiger partial charge >= 0.3 is 17.7 Å². The van der Waals surface area contributed by atoms with Gasteiger partial charge in [0.15, 0.2) is 0 Å². The first-order valence-electron chi connectivity index (χ1n) is 11.2. The van der Waals surface area contributed by atoms with E-state index in [0.717, 1.165) is 29.5 Å². The summed E-state index contributed by atoms with van der Waals surface area (Å²) < 4.78 is 16.3. The Hall–Kier alpha value is -3.61. The van der Waals surface area contributed by atoms with Crippen molar-refractivity contribution in [2.24, 2.45) is 0 Å². The number of ether oxygens (including phenoxy) is 2. The van der Waals surface area contributed by atoms with E-state index in [1.165, 1.54) is 6.07 Å². The SMILES string of the molecule is CCCCc1cc(=O)oc2cc(C)cc(OC(=O)[C@@H](CC)NC(=O)OCc3ccccc3)c12. The molecule has 0 saturated carbocycles. The molecule has 3 aromatic rings. The molecule has 2 aromatic carbocycles. The average Bonchev–Trinajstić information content (AvgIpc) is 2.79. The van der Waals surface area contributed by atoms with Crippen LogP contribution in [-0.2, 0) is 22.6 Å². The molecular formula is C26H29NO6. The van der Waals surface area contributed by atoms with Crippen molar-refractivity contribution in [3.63, 3.8) is 0 Å². The normalized spacial score (nSPS) is 11.7. The number of carbonyl (C=O) groups excluding carboxylic acids is 2. The molecule has 7 heteroatoms. The van der Waals surface area contributed by atoms with Crippen LogP contribution in [-0.4, -0.2) is 18.1 Å². The van der Waals surface area contributed by atoms with Gasteiger partial charge in [0.25, 0.3) is 0 Å². The van der Waals surface area contributed by atoms with Gasteiger partial charge in [-0.05, 0) is 55.0 Å². The second kappa shape index (κ2) is 11.3. The molecule has 33 heavy (non-hydrogen) atoms. The fourth-order valence-corrected chi connectivity index (χ4v) is 3.53. The molecule has 0 bridgehead atoms. The quantitative estimate of drug-likeness (QED) is 0.278. The van der Waals surface area contributed by atoms with E-state index in [1.807, 2.05) is 37.3 Å². The number of amides is 1. The van der Waals surface area contributed by atoms with Crippen LogP contribution in [0.1, 0.15) is 49.8 Å². The van der Waals surface area contributed by atoms with E-state index < -0.39 is 23.7 Å². The molecule has 174 valence electrons. The first kappa shape index (κ1) is 24.0.